The number of sulfonamides is 1. The highest BCUT2D eigenvalue weighted by atomic mass is 32.2. The molecule has 0 bridgehead atoms. The van der Waals surface area contributed by atoms with Crippen LogP contribution in [0.4, 0.5) is 10.1 Å². The van der Waals surface area contributed by atoms with Crippen LogP contribution in [0.3, 0.4) is 0 Å². The number of benzene rings is 3. The number of nitrogens with one attached hydrogen (secondary N) is 1. The third kappa shape index (κ3) is 4.76. The molecule has 4 rings (SSSR count). The number of sulfone groups is 1. The minimum atomic E-state index is -4.13. The second-order valence-corrected chi connectivity index (χ2v) is 11.5. The van der Waals surface area contributed by atoms with Gasteiger partial charge in [-0.2, -0.15) is 0 Å². The van der Waals surface area contributed by atoms with Gasteiger partial charge in [0.25, 0.3) is 15.9 Å². The molecule has 3 aromatic carbocycles. The van der Waals surface area contributed by atoms with Crippen LogP contribution in [0, 0.1) is 5.82 Å². The summed E-state index contributed by atoms with van der Waals surface area (Å²) in [7, 11) is -7.68. The maximum absolute atomic E-state index is 13.8. The lowest BCUT2D eigenvalue weighted by atomic mass is 10.2. The third-order valence-electron chi connectivity index (χ3n) is 5.45. The summed E-state index contributed by atoms with van der Waals surface area (Å²) in [5.74, 6) is -1.21. The van der Waals surface area contributed by atoms with Crippen molar-refractivity contribution in [3.63, 3.8) is 0 Å². The Kier molecular flexibility index (Phi) is 6.22. The topological polar surface area (TPSA) is 101 Å². The first-order valence-corrected chi connectivity index (χ1v) is 13.2. The van der Waals surface area contributed by atoms with Crippen LogP contribution in [0.5, 0.6) is 0 Å². The van der Waals surface area contributed by atoms with Gasteiger partial charge in [0, 0.05) is 24.3 Å². The highest BCUT2D eigenvalue weighted by Crippen LogP contribution is 2.25. The predicted molar refractivity (Wildman–Crippen MR) is 122 cm³/mol. The Morgan fingerprint density at radius 1 is 0.879 bits per heavy atom. The Morgan fingerprint density at radius 2 is 1.52 bits per heavy atom. The summed E-state index contributed by atoms with van der Waals surface area (Å²) in [5, 5.41) is -0.685. The van der Waals surface area contributed by atoms with Crippen molar-refractivity contribution in [2.24, 2.45) is 0 Å². The Bertz CT molecular complexity index is 1380. The zero-order valence-corrected chi connectivity index (χ0v) is 19.0. The van der Waals surface area contributed by atoms with Gasteiger partial charge in [0.1, 0.15) is 10.7 Å². The van der Waals surface area contributed by atoms with Crippen molar-refractivity contribution in [1.82, 2.24) is 4.90 Å². The molecule has 33 heavy (non-hydrogen) atoms. The summed E-state index contributed by atoms with van der Waals surface area (Å²) in [4.78, 5) is 14.1. The van der Waals surface area contributed by atoms with E-state index in [2.05, 4.69) is 4.72 Å². The highest BCUT2D eigenvalue weighted by molar-refractivity contribution is 7.92. The number of amides is 1. The molecule has 1 aliphatic rings. The van der Waals surface area contributed by atoms with E-state index in [0.29, 0.717) is 18.5 Å². The second kappa shape index (κ2) is 8.95. The molecule has 3 aromatic rings. The molecule has 0 radical (unpaired) electrons. The number of anilines is 1. The summed E-state index contributed by atoms with van der Waals surface area (Å²) in [5.41, 5.74) is 0.461. The van der Waals surface area contributed by atoms with Gasteiger partial charge in [-0.1, -0.05) is 30.3 Å². The molecular formula is C23H21FN2O5S2. The summed E-state index contributed by atoms with van der Waals surface area (Å²) in [6.45, 7) is 0.384. The summed E-state index contributed by atoms with van der Waals surface area (Å²) in [6.07, 6.45) is 0.337. The van der Waals surface area contributed by atoms with Crippen LogP contribution >= 0.6 is 0 Å². The van der Waals surface area contributed by atoms with Crippen molar-refractivity contribution in [2.75, 3.05) is 17.8 Å². The average Bonchev–Trinajstić information content (AvgIpc) is 3.31. The van der Waals surface area contributed by atoms with Gasteiger partial charge < -0.3 is 4.90 Å². The number of hydrogen-bond acceptors (Lipinski definition) is 5. The van der Waals surface area contributed by atoms with Gasteiger partial charge in [0.15, 0.2) is 9.84 Å². The first-order chi connectivity index (χ1) is 15.7. The van der Waals surface area contributed by atoms with Crippen LogP contribution in [0.1, 0.15) is 16.8 Å². The number of carbonyl (C=O) groups is 1. The zero-order valence-electron chi connectivity index (χ0n) is 17.4. The van der Waals surface area contributed by atoms with Gasteiger partial charge in [0.2, 0.25) is 0 Å². The van der Waals surface area contributed by atoms with E-state index < -0.39 is 35.8 Å². The molecule has 0 aromatic heterocycles. The predicted octanol–water partition coefficient (Wildman–Crippen LogP) is 3.31. The number of rotatable bonds is 6. The van der Waals surface area contributed by atoms with Crippen molar-refractivity contribution in [1.29, 1.82) is 0 Å². The van der Waals surface area contributed by atoms with Crippen LogP contribution < -0.4 is 4.72 Å². The molecule has 1 N–H and O–H groups in total. The van der Waals surface area contributed by atoms with E-state index in [0.717, 1.165) is 12.1 Å². The monoisotopic (exact) mass is 488 g/mol. The Morgan fingerprint density at radius 3 is 2.18 bits per heavy atom. The molecule has 1 fully saturated rings. The van der Waals surface area contributed by atoms with Crippen LogP contribution in [0.15, 0.2) is 88.7 Å². The van der Waals surface area contributed by atoms with Crippen LogP contribution in [0.2, 0.25) is 0 Å². The zero-order chi connectivity index (χ0) is 23.6. The van der Waals surface area contributed by atoms with E-state index in [1.807, 2.05) is 0 Å². The lowest BCUT2D eigenvalue weighted by molar-refractivity contribution is 0.0793. The Hall–Kier alpha value is -3.24. The van der Waals surface area contributed by atoms with Crippen molar-refractivity contribution in [3.05, 3.63) is 90.2 Å². The number of halogens is 1. The minimum Gasteiger partial charge on any atom is -0.337 e. The summed E-state index contributed by atoms with van der Waals surface area (Å²) >= 11 is 0. The first-order valence-electron chi connectivity index (χ1n) is 10.1. The van der Waals surface area contributed by atoms with Crippen molar-refractivity contribution in [2.45, 2.75) is 21.5 Å². The SMILES string of the molecule is O=C(c1ccc(NS(=O)(=O)c2ccccc2F)cc1)N1CCC(S(=O)(=O)c2ccccc2)C1. The van der Waals surface area contributed by atoms with E-state index >= 15 is 0 Å². The van der Waals surface area contributed by atoms with Crippen molar-refractivity contribution < 1.29 is 26.0 Å². The lowest BCUT2D eigenvalue weighted by Gasteiger charge is -2.17. The summed E-state index contributed by atoms with van der Waals surface area (Å²) in [6, 6.07) is 18.9. The Labute approximate surface area is 191 Å². The third-order valence-corrected chi connectivity index (χ3v) is 9.06. The molecule has 172 valence electrons. The van der Waals surface area contributed by atoms with Crippen LogP contribution in [0.25, 0.3) is 0 Å². The van der Waals surface area contributed by atoms with E-state index in [-0.39, 0.29) is 23.0 Å². The lowest BCUT2D eigenvalue weighted by Crippen LogP contribution is -2.31. The molecule has 0 aliphatic carbocycles. The van der Waals surface area contributed by atoms with Gasteiger partial charge in [-0.15, -0.1) is 0 Å². The quantitative estimate of drug-likeness (QED) is 0.574. The maximum atomic E-state index is 13.8. The largest absolute Gasteiger partial charge is 0.337 e. The van der Waals surface area contributed by atoms with Gasteiger partial charge >= 0.3 is 0 Å². The number of nitrogens with zero attached hydrogens (tertiary/aromatic N) is 1. The average molecular weight is 489 g/mol. The fourth-order valence-corrected chi connectivity index (χ4v) is 6.56. The number of likely N-dealkylation sites (tertiary alicyclic amines) is 1. The molecule has 10 heteroatoms. The molecule has 1 saturated heterocycles. The second-order valence-electron chi connectivity index (χ2n) is 7.63. The molecule has 0 saturated carbocycles. The van der Waals surface area contributed by atoms with Crippen LogP contribution in [-0.2, 0) is 19.9 Å². The molecule has 1 unspecified atom stereocenters. The highest BCUT2D eigenvalue weighted by Gasteiger charge is 2.36. The maximum Gasteiger partial charge on any atom is 0.264 e. The van der Waals surface area contributed by atoms with Gasteiger partial charge in [-0.25, -0.2) is 21.2 Å². The Balaban J connectivity index is 1.44. The van der Waals surface area contributed by atoms with Gasteiger partial charge in [-0.3, -0.25) is 9.52 Å². The molecule has 1 heterocycles. The molecule has 0 spiro atoms. The minimum absolute atomic E-state index is 0.0811. The molecule has 7 nitrogen and oxygen atoms in total. The van der Waals surface area contributed by atoms with E-state index in [1.165, 1.54) is 41.3 Å². The van der Waals surface area contributed by atoms with Crippen molar-refractivity contribution in [3.8, 4) is 0 Å². The number of hydrogen-bond donors (Lipinski definition) is 1. The van der Waals surface area contributed by atoms with Gasteiger partial charge in [0.05, 0.1) is 10.1 Å². The first kappa shape index (κ1) is 22.9. The molecular weight excluding hydrogens is 467 g/mol. The molecule has 1 atom stereocenters. The molecule has 1 aliphatic heterocycles. The van der Waals surface area contributed by atoms with E-state index in [9.17, 15) is 26.0 Å². The normalized spacial score (nSPS) is 16.5. The fraction of sp³-hybridized carbons (Fsp3) is 0.174. The molecule has 1 amide bonds. The standard InChI is InChI=1S/C23H21FN2O5S2/c24-21-8-4-5-9-22(21)33(30,31)25-18-12-10-17(11-13-18)23(27)26-15-14-20(16-26)32(28,29)19-6-2-1-3-7-19/h1-13,20,25H,14-16H2. The smallest absolute Gasteiger partial charge is 0.264 e. The van der Waals surface area contributed by atoms with E-state index in [1.54, 1.807) is 30.3 Å². The fourth-order valence-electron chi connectivity index (χ4n) is 3.70. The summed E-state index contributed by atoms with van der Waals surface area (Å²) < 4.78 is 66.6. The van der Waals surface area contributed by atoms with Crippen molar-refractivity contribution >= 4 is 31.5 Å². The van der Waals surface area contributed by atoms with E-state index in [4.69, 9.17) is 0 Å². The van der Waals surface area contributed by atoms with Gasteiger partial charge in [-0.05, 0) is 55.0 Å². The number of carbonyl (C=O) groups excluding carboxylic acids is 1. The van der Waals surface area contributed by atoms with Crippen LogP contribution in [-0.4, -0.2) is 46.0 Å².